The minimum atomic E-state index is 0.936. The van der Waals surface area contributed by atoms with Gasteiger partial charge in [0.25, 0.3) is 0 Å². The number of H-pyrrole nitrogens is 1. The van der Waals surface area contributed by atoms with Gasteiger partial charge < -0.3 is 4.90 Å². The highest BCUT2D eigenvalue weighted by atomic mass is 15.3. The Morgan fingerprint density at radius 1 is 1.55 bits per heavy atom. The second-order valence-corrected chi connectivity index (χ2v) is 3.08. The molecule has 0 aliphatic carbocycles. The van der Waals surface area contributed by atoms with Crippen molar-refractivity contribution in [2.75, 3.05) is 13.6 Å². The van der Waals surface area contributed by atoms with Gasteiger partial charge in [-0.05, 0) is 26.4 Å². The third-order valence-corrected chi connectivity index (χ3v) is 2.09. The molecule has 0 amide bonds. The summed E-state index contributed by atoms with van der Waals surface area (Å²) in [4.78, 5) is 2.27. The van der Waals surface area contributed by atoms with Crippen LogP contribution in [0.5, 0.6) is 0 Å². The lowest BCUT2D eigenvalue weighted by atomic mass is 10.2. The van der Waals surface area contributed by atoms with Crippen LogP contribution in [0.15, 0.2) is 0 Å². The Bertz CT molecular complexity index is 242. The van der Waals surface area contributed by atoms with E-state index in [1.165, 1.54) is 12.1 Å². The van der Waals surface area contributed by atoms with E-state index in [1.54, 1.807) is 0 Å². The Labute approximate surface area is 65.6 Å². The van der Waals surface area contributed by atoms with Crippen LogP contribution in [0.4, 0.5) is 0 Å². The number of hydrogen-bond acceptors (Lipinski definition) is 3. The van der Waals surface area contributed by atoms with Crippen LogP contribution in [0.1, 0.15) is 17.8 Å². The van der Waals surface area contributed by atoms with Crippen LogP contribution in [0, 0.1) is 0 Å². The van der Waals surface area contributed by atoms with E-state index in [-0.39, 0.29) is 0 Å². The molecule has 2 heterocycles. The Morgan fingerprint density at radius 2 is 2.45 bits per heavy atom. The standard InChI is InChI=1S/C7H12N4/c1-11-4-2-3-6-7(5-11)9-10-8-6/h2-5H2,1H3,(H,8,9,10). The highest BCUT2D eigenvalue weighted by molar-refractivity contribution is 5.09. The van der Waals surface area contributed by atoms with Crippen molar-refractivity contribution < 1.29 is 0 Å². The molecule has 1 aliphatic heterocycles. The summed E-state index contributed by atoms with van der Waals surface area (Å²) >= 11 is 0. The number of fused-ring (bicyclic) bond motifs is 1. The third-order valence-electron chi connectivity index (χ3n) is 2.09. The lowest BCUT2D eigenvalue weighted by molar-refractivity contribution is 0.328. The number of aromatic amines is 1. The molecule has 0 bridgehead atoms. The van der Waals surface area contributed by atoms with Crippen molar-refractivity contribution in [1.29, 1.82) is 0 Å². The molecular weight excluding hydrogens is 140 g/mol. The molecule has 2 rings (SSSR count). The van der Waals surface area contributed by atoms with Gasteiger partial charge in [-0.2, -0.15) is 0 Å². The monoisotopic (exact) mass is 152 g/mol. The molecule has 0 atom stereocenters. The number of nitrogens with one attached hydrogen (secondary N) is 1. The van der Waals surface area contributed by atoms with Crippen molar-refractivity contribution in [2.24, 2.45) is 0 Å². The molecule has 4 heteroatoms. The average molecular weight is 152 g/mol. The smallest absolute Gasteiger partial charge is 0.0996 e. The van der Waals surface area contributed by atoms with E-state index in [1.807, 2.05) is 0 Å². The summed E-state index contributed by atoms with van der Waals surface area (Å²) in [5.74, 6) is 0. The van der Waals surface area contributed by atoms with E-state index in [2.05, 4.69) is 27.4 Å². The van der Waals surface area contributed by atoms with Crippen molar-refractivity contribution in [3.63, 3.8) is 0 Å². The molecule has 0 spiro atoms. The van der Waals surface area contributed by atoms with Gasteiger partial charge in [0, 0.05) is 6.54 Å². The summed E-state index contributed by atoms with van der Waals surface area (Å²) in [5, 5.41) is 10.7. The maximum atomic E-state index is 4.02. The summed E-state index contributed by atoms with van der Waals surface area (Å²) in [6.45, 7) is 2.09. The molecule has 60 valence electrons. The second-order valence-electron chi connectivity index (χ2n) is 3.08. The fourth-order valence-corrected chi connectivity index (χ4v) is 1.46. The zero-order valence-electron chi connectivity index (χ0n) is 6.67. The van der Waals surface area contributed by atoms with Crippen molar-refractivity contribution >= 4 is 0 Å². The van der Waals surface area contributed by atoms with Crippen LogP contribution in [0.2, 0.25) is 0 Å². The first-order valence-electron chi connectivity index (χ1n) is 3.93. The zero-order valence-corrected chi connectivity index (χ0v) is 6.67. The van der Waals surface area contributed by atoms with Gasteiger partial charge in [0.15, 0.2) is 0 Å². The predicted octanol–water partition coefficient (Wildman–Crippen LogP) is 0.183. The lowest BCUT2D eigenvalue weighted by Crippen LogP contribution is -2.17. The highest BCUT2D eigenvalue weighted by Crippen LogP contribution is 2.11. The second kappa shape index (κ2) is 2.62. The minimum absolute atomic E-state index is 0.936. The van der Waals surface area contributed by atoms with Gasteiger partial charge in [0.2, 0.25) is 0 Å². The van der Waals surface area contributed by atoms with Crippen molar-refractivity contribution in [3.05, 3.63) is 11.4 Å². The van der Waals surface area contributed by atoms with Crippen LogP contribution in [-0.4, -0.2) is 33.9 Å². The van der Waals surface area contributed by atoms with Crippen LogP contribution >= 0.6 is 0 Å². The Balaban J connectivity index is 2.26. The normalized spacial score (nSPS) is 19.4. The van der Waals surface area contributed by atoms with Gasteiger partial charge in [0.05, 0.1) is 11.4 Å². The summed E-state index contributed by atoms with van der Waals surface area (Å²) in [5.41, 5.74) is 2.33. The van der Waals surface area contributed by atoms with E-state index < -0.39 is 0 Å². The summed E-state index contributed by atoms with van der Waals surface area (Å²) in [6, 6.07) is 0. The maximum Gasteiger partial charge on any atom is 0.0996 e. The number of rotatable bonds is 0. The van der Waals surface area contributed by atoms with Gasteiger partial charge >= 0.3 is 0 Å². The zero-order chi connectivity index (χ0) is 7.68. The average Bonchev–Trinajstić information content (AvgIpc) is 2.31. The first-order valence-corrected chi connectivity index (χ1v) is 3.93. The predicted molar refractivity (Wildman–Crippen MR) is 41.0 cm³/mol. The Morgan fingerprint density at radius 3 is 3.36 bits per heavy atom. The molecule has 0 saturated heterocycles. The third kappa shape index (κ3) is 1.26. The number of aromatic nitrogens is 3. The molecule has 1 N–H and O–H groups in total. The van der Waals surface area contributed by atoms with Crippen molar-refractivity contribution in [2.45, 2.75) is 19.4 Å². The number of nitrogens with zero attached hydrogens (tertiary/aromatic N) is 3. The molecule has 0 aromatic carbocycles. The fraction of sp³-hybridized carbons (Fsp3) is 0.714. The van der Waals surface area contributed by atoms with E-state index >= 15 is 0 Å². The number of hydrogen-bond donors (Lipinski definition) is 1. The molecule has 1 aliphatic rings. The molecule has 0 fully saturated rings. The summed E-state index contributed by atoms with van der Waals surface area (Å²) < 4.78 is 0. The van der Waals surface area contributed by atoms with E-state index in [0.29, 0.717) is 0 Å². The Kier molecular flexibility index (Phi) is 1.62. The van der Waals surface area contributed by atoms with Crippen molar-refractivity contribution in [1.82, 2.24) is 20.3 Å². The molecule has 4 nitrogen and oxygen atoms in total. The molecule has 11 heavy (non-hydrogen) atoms. The van der Waals surface area contributed by atoms with Crippen molar-refractivity contribution in [3.8, 4) is 0 Å². The summed E-state index contributed by atoms with van der Waals surface area (Å²) in [7, 11) is 2.11. The fourth-order valence-electron chi connectivity index (χ4n) is 1.46. The van der Waals surface area contributed by atoms with Gasteiger partial charge in [0.1, 0.15) is 0 Å². The molecule has 1 aromatic rings. The van der Waals surface area contributed by atoms with Gasteiger partial charge in [-0.3, -0.25) is 5.10 Å². The van der Waals surface area contributed by atoms with Gasteiger partial charge in [-0.25, -0.2) is 0 Å². The lowest BCUT2D eigenvalue weighted by Gasteiger charge is -2.10. The topological polar surface area (TPSA) is 44.8 Å². The molecular formula is C7H12N4. The van der Waals surface area contributed by atoms with E-state index in [0.717, 1.165) is 25.2 Å². The molecule has 0 saturated carbocycles. The van der Waals surface area contributed by atoms with Crippen LogP contribution in [0.25, 0.3) is 0 Å². The van der Waals surface area contributed by atoms with Gasteiger partial charge in [-0.15, -0.1) is 5.10 Å². The SMILES string of the molecule is CN1CCCc2[nH]nnc2C1. The Hall–Kier alpha value is -0.900. The van der Waals surface area contributed by atoms with Crippen LogP contribution in [-0.2, 0) is 13.0 Å². The number of aryl methyl sites for hydroxylation is 1. The highest BCUT2D eigenvalue weighted by Gasteiger charge is 2.13. The minimum Gasteiger partial charge on any atom is -0.300 e. The largest absolute Gasteiger partial charge is 0.300 e. The first kappa shape index (κ1) is 6.79. The quantitative estimate of drug-likeness (QED) is 0.577. The van der Waals surface area contributed by atoms with E-state index in [4.69, 9.17) is 0 Å². The van der Waals surface area contributed by atoms with Crippen LogP contribution in [0.3, 0.4) is 0 Å². The summed E-state index contributed by atoms with van der Waals surface area (Å²) in [6.07, 6.45) is 2.29. The molecule has 0 unspecified atom stereocenters. The van der Waals surface area contributed by atoms with Crippen LogP contribution < -0.4 is 0 Å². The maximum absolute atomic E-state index is 4.02. The molecule has 1 aromatic heterocycles. The molecule has 0 radical (unpaired) electrons. The van der Waals surface area contributed by atoms with Gasteiger partial charge in [-0.1, -0.05) is 5.21 Å². The van der Waals surface area contributed by atoms with E-state index in [9.17, 15) is 0 Å². The first-order chi connectivity index (χ1) is 5.36.